The molecule has 0 saturated carbocycles. The third-order valence-electron chi connectivity index (χ3n) is 4.31. The molecule has 0 bridgehead atoms. The highest BCUT2D eigenvalue weighted by molar-refractivity contribution is 5.84. The second-order valence-electron chi connectivity index (χ2n) is 6.62. The average Bonchev–Trinajstić information content (AvgIpc) is 2.72. The molecule has 0 heterocycles. The Morgan fingerprint density at radius 3 is 2.04 bits per heavy atom. The first-order valence-electron chi connectivity index (χ1n) is 10.1. The Morgan fingerprint density at radius 2 is 1.43 bits per heavy atom. The van der Waals surface area contributed by atoms with E-state index in [0.717, 1.165) is 29.9 Å². The molecule has 148 valence electrons. The van der Waals surface area contributed by atoms with Crippen LogP contribution in [0, 0.1) is 0 Å². The zero-order chi connectivity index (χ0) is 20.0. The summed E-state index contributed by atoms with van der Waals surface area (Å²) in [7, 11) is 0. The first kappa shape index (κ1) is 21.5. The van der Waals surface area contributed by atoms with Crippen molar-refractivity contribution in [1.82, 2.24) is 0 Å². The zero-order valence-electron chi connectivity index (χ0n) is 16.9. The molecule has 0 aromatic heterocycles. The van der Waals surface area contributed by atoms with Crippen LogP contribution in [0.25, 0.3) is 11.1 Å². The van der Waals surface area contributed by atoms with Crippen LogP contribution in [0.3, 0.4) is 0 Å². The third kappa shape index (κ3) is 7.83. The lowest BCUT2D eigenvalue weighted by Gasteiger charge is -2.08. The maximum Gasteiger partial charge on any atom is 0.336 e. The molecule has 0 spiro atoms. The first-order valence-corrected chi connectivity index (χ1v) is 10.1. The molecule has 2 rings (SSSR count). The average molecular weight is 379 g/mol. The van der Waals surface area contributed by atoms with Crippen LogP contribution in [0.15, 0.2) is 72.8 Å². The highest BCUT2D eigenvalue weighted by Gasteiger charge is 2.03. The van der Waals surface area contributed by atoms with Gasteiger partial charge in [-0.1, -0.05) is 75.1 Å². The molecule has 0 unspecified atom stereocenters. The van der Waals surface area contributed by atoms with Crippen molar-refractivity contribution in [2.75, 3.05) is 6.61 Å². The summed E-state index contributed by atoms with van der Waals surface area (Å²) in [6, 6.07) is 15.6. The lowest BCUT2D eigenvalue weighted by Crippen LogP contribution is -2.03. The van der Waals surface area contributed by atoms with Crippen molar-refractivity contribution in [3.05, 3.63) is 72.8 Å². The van der Waals surface area contributed by atoms with Gasteiger partial charge in [-0.25, -0.2) is 4.79 Å². The standard InChI is InChI=1S/C25H30O3/c1-3-5-7-8-10-20-27-23-16-12-21(13-17-23)22-14-18-24(19-15-22)28-25(26)11-9-6-4-2/h4,6,9,11-19H,3,5,7-8,10,20H2,1-2H3. The predicted octanol–water partition coefficient (Wildman–Crippen LogP) is 6.74. The fourth-order valence-corrected chi connectivity index (χ4v) is 2.75. The van der Waals surface area contributed by atoms with E-state index in [9.17, 15) is 4.79 Å². The Bertz CT molecular complexity index is 755. The van der Waals surface area contributed by atoms with E-state index in [1.54, 1.807) is 24.3 Å². The monoisotopic (exact) mass is 378 g/mol. The van der Waals surface area contributed by atoms with Gasteiger partial charge in [0.2, 0.25) is 0 Å². The van der Waals surface area contributed by atoms with Crippen molar-refractivity contribution in [3.63, 3.8) is 0 Å². The molecule has 0 saturated heterocycles. The molecule has 0 aliphatic heterocycles. The number of ether oxygens (including phenoxy) is 2. The van der Waals surface area contributed by atoms with Crippen LogP contribution in [0.5, 0.6) is 11.5 Å². The van der Waals surface area contributed by atoms with E-state index in [-0.39, 0.29) is 5.97 Å². The Morgan fingerprint density at radius 1 is 0.821 bits per heavy atom. The van der Waals surface area contributed by atoms with Crippen LogP contribution in [-0.4, -0.2) is 12.6 Å². The van der Waals surface area contributed by atoms with Gasteiger partial charge in [0, 0.05) is 6.08 Å². The Kier molecular flexibility index (Phi) is 9.64. The molecule has 0 aliphatic rings. The summed E-state index contributed by atoms with van der Waals surface area (Å²) in [5.74, 6) is 1.04. The highest BCUT2D eigenvalue weighted by Crippen LogP contribution is 2.25. The maximum atomic E-state index is 11.7. The zero-order valence-corrected chi connectivity index (χ0v) is 16.9. The van der Waals surface area contributed by atoms with Crippen molar-refractivity contribution < 1.29 is 14.3 Å². The molecule has 0 N–H and O–H groups in total. The summed E-state index contributed by atoms with van der Waals surface area (Å²) in [6.45, 7) is 4.88. The van der Waals surface area contributed by atoms with Gasteiger partial charge in [-0.2, -0.15) is 0 Å². The third-order valence-corrected chi connectivity index (χ3v) is 4.31. The summed E-state index contributed by atoms with van der Waals surface area (Å²) in [5.41, 5.74) is 2.16. The van der Waals surface area contributed by atoms with Gasteiger partial charge in [0.05, 0.1) is 6.61 Å². The maximum absolute atomic E-state index is 11.7. The highest BCUT2D eigenvalue weighted by atomic mass is 16.5. The molecule has 3 heteroatoms. The van der Waals surface area contributed by atoms with Crippen LogP contribution in [0.2, 0.25) is 0 Å². The van der Waals surface area contributed by atoms with Gasteiger partial charge < -0.3 is 9.47 Å². The van der Waals surface area contributed by atoms with Gasteiger partial charge in [0.25, 0.3) is 0 Å². The van der Waals surface area contributed by atoms with E-state index < -0.39 is 0 Å². The number of benzene rings is 2. The van der Waals surface area contributed by atoms with Gasteiger partial charge in [0.1, 0.15) is 11.5 Å². The molecule has 2 aromatic rings. The summed E-state index contributed by atoms with van der Waals surface area (Å²) < 4.78 is 11.1. The van der Waals surface area contributed by atoms with Crippen molar-refractivity contribution in [3.8, 4) is 22.6 Å². The summed E-state index contributed by atoms with van der Waals surface area (Å²) >= 11 is 0. The smallest absolute Gasteiger partial charge is 0.336 e. The molecule has 0 aliphatic carbocycles. The number of rotatable bonds is 11. The fourth-order valence-electron chi connectivity index (χ4n) is 2.75. The predicted molar refractivity (Wildman–Crippen MR) is 116 cm³/mol. The SMILES string of the molecule is CC=CC=CC(=O)Oc1ccc(-c2ccc(OCCCCCCC)cc2)cc1. The molecular weight excluding hydrogens is 348 g/mol. The topological polar surface area (TPSA) is 35.5 Å². The van der Waals surface area contributed by atoms with Crippen molar-refractivity contribution in [1.29, 1.82) is 0 Å². The molecule has 2 aromatic carbocycles. The number of carbonyl (C=O) groups is 1. The fraction of sp³-hybridized carbons (Fsp3) is 0.320. The molecule has 0 radical (unpaired) electrons. The first-order chi connectivity index (χ1) is 13.7. The van der Waals surface area contributed by atoms with Crippen LogP contribution in [-0.2, 0) is 4.79 Å². The summed E-state index contributed by atoms with van der Waals surface area (Å²) in [5, 5.41) is 0. The molecule has 0 amide bonds. The van der Waals surface area contributed by atoms with Crippen molar-refractivity contribution in [2.45, 2.75) is 46.0 Å². The van der Waals surface area contributed by atoms with E-state index in [0.29, 0.717) is 5.75 Å². The molecular formula is C25H30O3. The molecule has 3 nitrogen and oxygen atoms in total. The molecule has 28 heavy (non-hydrogen) atoms. The van der Waals surface area contributed by atoms with Crippen LogP contribution in [0.1, 0.15) is 46.0 Å². The second kappa shape index (κ2) is 12.6. The van der Waals surface area contributed by atoms with E-state index in [1.807, 2.05) is 49.4 Å². The van der Waals surface area contributed by atoms with Crippen LogP contribution in [0.4, 0.5) is 0 Å². The second-order valence-corrected chi connectivity index (χ2v) is 6.62. The Hall–Kier alpha value is -2.81. The normalized spacial score (nSPS) is 11.2. The number of esters is 1. The quantitative estimate of drug-likeness (QED) is 0.143. The van der Waals surface area contributed by atoms with Gasteiger partial charge in [-0.3, -0.25) is 0 Å². The van der Waals surface area contributed by atoms with Gasteiger partial charge >= 0.3 is 5.97 Å². The van der Waals surface area contributed by atoms with Gasteiger partial charge in [-0.15, -0.1) is 0 Å². The van der Waals surface area contributed by atoms with Crippen molar-refractivity contribution in [2.24, 2.45) is 0 Å². The number of hydrogen-bond acceptors (Lipinski definition) is 3. The number of unbranched alkanes of at least 4 members (excludes halogenated alkanes) is 4. The number of allylic oxidation sites excluding steroid dienone is 3. The van der Waals surface area contributed by atoms with E-state index >= 15 is 0 Å². The lowest BCUT2D eigenvalue weighted by atomic mass is 10.1. The minimum Gasteiger partial charge on any atom is -0.494 e. The van der Waals surface area contributed by atoms with E-state index in [2.05, 4.69) is 6.92 Å². The largest absolute Gasteiger partial charge is 0.494 e. The minimum absolute atomic E-state index is 0.387. The minimum atomic E-state index is -0.387. The molecule has 0 fully saturated rings. The Balaban J connectivity index is 1.83. The van der Waals surface area contributed by atoms with Crippen molar-refractivity contribution >= 4 is 5.97 Å². The van der Waals surface area contributed by atoms with Crippen LogP contribution < -0.4 is 9.47 Å². The number of hydrogen-bond donors (Lipinski definition) is 0. The number of carbonyl (C=O) groups excluding carboxylic acids is 1. The van der Waals surface area contributed by atoms with E-state index in [4.69, 9.17) is 9.47 Å². The van der Waals surface area contributed by atoms with E-state index in [1.165, 1.54) is 31.8 Å². The Labute approximate surface area is 168 Å². The summed E-state index contributed by atoms with van der Waals surface area (Å²) in [4.78, 5) is 11.7. The molecule has 0 atom stereocenters. The van der Waals surface area contributed by atoms with Gasteiger partial charge in [0.15, 0.2) is 0 Å². The van der Waals surface area contributed by atoms with Gasteiger partial charge in [-0.05, 0) is 48.7 Å². The van der Waals surface area contributed by atoms with Crippen LogP contribution >= 0.6 is 0 Å². The lowest BCUT2D eigenvalue weighted by molar-refractivity contribution is -0.128. The summed E-state index contributed by atoms with van der Waals surface area (Å²) in [6.07, 6.45) is 12.9.